The normalized spacial score (nSPS) is 24.3. The van der Waals surface area contributed by atoms with Crippen LogP contribution in [0, 0.1) is 17.2 Å². The van der Waals surface area contributed by atoms with Crippen LogP contribution in [-0.2, 0) is 4.74 Å². The van der Waals surface area contributed by atoms with E-state index in [0.29, 0.717) is 11.3 Å². The number of para-hydroxylation sites is 1. The fourth-order valence-corrected chi connectivity index (χ4v) is 3.69. The zero-order valence-corrected chi connectivity index (χ0v) is 14.5. The van der Waals surface area contributed by atoms with Crippen LogP contribution < -0.4 is 10.7 Å². The second-order valence-electron chi connectivity index (χ2n) is 6.48. The average Bonchev–Trinajstić information content (AvgIpc) is 3.07. The zero-order chi connectivity index (χ0) is 19.9. The van der Waals surface area contributed by atoms with Crippen molar-refractivity contribution in [3.63, 3.8) is 0 Å². The van der Waals surface area contributed by atoms with E-state index in [-0.39, 0.29) is 11.5 Å². The first-order valence-electron chi connectivity index (χ1n) is 8.53. The molecule has 2 heterocycles. The number of nitrogens with two attached hydrogens (primary N) is 1. The molecule has 0 saturated carbocycles. The van der Waals surface area contributed by atoms with Crippen molar-refractivity contribution in [1.82, 2.24) is 0 Å². The van der Waals surface area contributed by atoms with Crippen molar-refractivity contribution in [1.29, 1.82) is 5.26 Å². The SMILES string of the molecule is N#CC1=C(N)O[C@H]2[C@H](C(C(F)(F)F)=NN2c2ccccc2)[C@H]1c1ccccc1. The van der Waals surface area contributed by atoms with Gasteiger partial charge in [0.25, 0.3) is 0 Å². The molecule has 0 spiro atoms. The number of nitrogens with zero attached hydrogens (tertiary/aromatic N) is 3. The van der Waals surface area contributed by atoms with E-state index in [1.165, 1.54) is 5.01 Å². The predicted molar refractivity (Wildman–Crippen MR) is 96.8 cm³/mol. The fraction of sp³-hybridized carbons (Fsp3) is 0.200. The molecule has 142 valence electrons. The third-order valence-electron chi connectivity index (χ3n) is 4.85. The highest BCUT2D eigenvalue weighted by Crippen LogP contribution is 2.48. The first-order valence-corrected chi connectivity index (χ1v) is 8.53. The molecule has 2 N–H and O–H groups in total. The van der Waals surface area contributed by atoms with Gasteiger partial charge in [0, 0.05) is 5.92 Å². The van der Waals surface area contributed by atoms with Gasteiger partial charge in [-0.05, 0) is 17.7 Å². The molecule has 8 heteroatoms. The number of hydrazone groups is 1. The van der Waals surface area contributed by atoms with Gasteiger partial charge in [0.2, 0.25) is 12.1 Å². The number of anilines is 1. The monoisotopic (exact) mass is 384 g/mol. The lowest BCUT2D eigenvalue weighted by Gasteiger charge is -2.37. The number of nitriles is 1. The fourth-order valence-electron chi connectivity index (χ4n) is 3.69. The lowest BCUT2D eigenvalue weighted by Crippen LogP contribution is -2.46. The van der Waals surface area contributed by atoms with Crippen LogP contribution in [0.15, 0.2) is 77.2 Å². The van der Waals surface area contributed by atoms with Crippen molar-refractivity contribution in [2.45, 2.75) is 18.3 Å². The number of halogens is 3. The van der Waals surface area contributed by atoms with Crippen LogP contribution in [0.2, 0.25) is 0 Å². The van der Waals surface area contributed by atoms with E-state index in [2.05, 4.69) is 5.10 Å². The first-order chi connectivity index (χ1) is 13.4. The molecule has 0 aromatic heterocycles. The smallest absolute Gasteiger partial charge is 0.431 e. The Morgan fingerprint density at radius 2 is 1.64 bits per heavy atom. The van der Waals surface area contributed by atoms with E-state index in [1.807, 2.05) is 6.07 Å². The second kappa shape index (κ2) is 6.60. The Balaban J connectivity index is 1.90. The van der Waals surface area contributed by atoms with E-state index in [9.17, 15) is 18.4 Å². The average molecular weight is 384 g/mol. The van der Waals surface area contributed by atoms with Gasteiger partial charge in [-0.1, -0.05) is 48.5 Å². The van der Waals surface area contributed by atoms with Gasteiger partial charge in [-0.3, -0.25) is 0 Å². The van der Waals surface area contributed by atoms with Gasteiger partial charge >= 0.3 is 6.18 Å². The molecule has 4 rings (SSSR count). The van der Waals surface area contributed by atoms with E-state index in [4.69, 9.17) is 10.5 Å². The maximum Gasteiger partial charge on any atom is 0.431 e. The summed E-state index contributed by atoms with van der Waals surface area (Å²) >= 11 is 0. The highest BCUT2D eigenvalue weighted by molar-refractivity contribution is 5.96. The molecular formula is C20H15F3N4O. The Kier molecular flexibility index (Phi) is 4.23. The molecule has 0 radical (unpaired) electrons. The summed E-state index contributed by atoms with van der Waals surface area (Å²) in [5.74, 6) is -2.33. The number of benzene rings is 2. The Bertz CT molecular complexity index is 980. The minimum Gasteiger partial charge on any atom is -0.452 e. The molecule has 3 atom stereocenters. The van der Waals surface area contributed by atoms with E-state index in [1.54, 1.807) is 60.7 Å². The van der Waals surface area contributed by atoms with Crippen molar-refractivity contribution >= 4 is 11.4 Å². The van der Waals surface area contributed by atoms with Crippen LogP contribution in [-0.4, -0.2) is 18.1 Å². The van der Waals surface area contributed by atoms with Gasteiger partial charge in [-0.25, -0.2) is 5.01 Å². The summed E-state index contributed by atoms with van der Waals surface area (Å²) in [5, 5.41) is 14.6. The van der Waals surface area contributed by atoms with Crippen molar-refractivity contribution in [2.75, 3.05) is 5.01 Å². The minimum absolute atomic E-state index is 0.0284. The number of rotatable bonds is 2. The van der Waals surface area contributed by atoms with Crippen molar-refractivity contribution in [3.8, 4) is 6.07 Å². The van der Waals surface area contributed by atoms with E-state index >= 15 is 0 Å². The Morgan fingerprint density at radius 3 is 2.21 bits per heavy atom. The van der Waals surface area contributed by atoms with Gasteiger partial charge < -0.3 is 10.5 Å². The molecule has 0 fully saturated rings. The Morgan fingerprint density at radius 1 is 1.04 bits per heavy atom. The van der Waals surface area contributed by atoms with Crippen molar-refractivity contribution in [2.24, 2.45) is 16.8 Å². The minimum atomic E-state index is -4.69. The van der Waals surface area contributed by atoms with Gasteiger partial charge in [0.1, 0.15) is 6.07 Å². The molecule has 2 aliphatic heterocycles. The lowest BCUT2D eigenvalue weighted by molar-refractivity contribution is -0.0658. The summed E-state index contributed by atoms with van der Waals surface area (Å²) in [6.45, 7) is 0. The molecule has 2 aliphatic rings. The van der Waals surface area contributed by atoms with Crippen molar-refractivity contribution in [3.05, 3.63) is 77.7 Å². The summed E-state index contributed by atoms with van der Waals surface area (Å²) in [6, 6.07) is 18.9. The van der Waals surface area contributed by atoms with Crippen LogP contribution in [0.25, 0.3) is 0 Å². The van der Waals surface area contributed by atoms with Crippen LogP contribution in [0.5, 0.6) is 0 Å². The number of hydrogen-bond donors (Lipinski definition) is 1. The van der Waals surface area contributed by atoms with Crippen LogP contribution in [0.3, 0.4) is 0 Å². The third-order valence-corrected chi connectivity index (χ3v) is 4.85. The maximum absolute atomic E-state index is 13.9. The first kappa shape index (κ1) is 17.9. The Hall–Kier alpha value is -3.47. The molecule has 0 saturated heterocycles. The molecular weight excluding hydrogens is 369 g/mol. The molecule has 28 heavy (non-hydrogen) atoms. The highest BCUT2D eigenvalue weighted by atomic mass is 19.4. The van der Waals surface area contributed by atoms with Gasteiger partial charge in [-0.15, -0.1) is 0 Å². The molecule has 0 unspecified atom stereocenters. The predicted octanol–water partition coefficient (Wildman–Crippen LogP) is 3.88. The quantitative estimate of drug-likeness (QED) is 0.853. The van der Waals surface area contributed by atoms with Gasteiger partial charge in [0.15, 0.2) is 5.71 Å². The van der Waals surface area contributed by atoms with E-state index < -0.39 is 30.0 Å². The molecule has 0 aliphatic carbocycles. The summed E-state index contributed by atoms with van der Waals surface area (Å²) in [6.07, 6.45) is -5.79. The van der Waals surface area contributed by atoms with Crippen molar-refractivity contribution < 1.29 is 17.9 Å². The zero-order valence-electron chi connectivity index (χ0n) is 14.5. The molecule has 2 aromatic rings. The summed E-state index contributed by atoms with van der Waals surface area (Å²) in [4.78, 5) is 0. The van der Waals surface area contributed by atoms with Crippen LogP contribution in [0.4, 0.5) is 18.9 Å². The van der Waals surface area contributed by atoms with Gasteiger partial charge in [-0.2, -0.15) is 23.5 Å². The summed E-state index contributed by atoms with van der Waals surface area (Å²) < 4.78 is 47.3. The van der Waals surface area contributed by atoms with Crippen LogP contribution in [0.1, 0.15) is 11.5 Å². The standard InChI is InChI=1S/C20H15F3N4O/c21-20(22,23)17-16-15(12-7-3-1-4-8-12)14(11-24)18(25)28-19(16)27(26-17)13-9-5-2-6-10-13/h1-10,15-16,19H,25H2/t15-,16-,19-/m0/s1. The number of alkyl halides is 3. The second-order valence-corrected chi connectivity index (χ2v) is 6.48. The molecule has 5 nitrogen and oxygen atoms in total. The largest absolute Gasteiger partial charge is 0.452 e. The Labute approximate surface area is 159 Å². The third kappa shape index (κ3) is 2.85. The molecule has 0 amide bonds. The summed E-state index contributed by atoms with van der Waals surface area (Å²) in [5.41, 5.74) is 5.92. The number of ether oxygens (including phenoxy) is 1. The highest BCUT2D eigenvalue weighted by Gasteiger charge is 2.57. The lowest BCUT2D eigenvalue weighted by atomic mass is 9.76. The van der Waals surface area contributed by atoms with Gasteiger partial charge in [0.05, 0.1) is 17.2 Å². The number of fused-ring (bicyclic) bond motifs is 1. The molecule has 2 aromatic carbocycles. The summed E-state index contributed by atoms with van der Waals surface area (Å²) in [7, 11) is 0. The topological polar surface area (TPSA) is 74.6 Å². The maximum atomic E-state index is 13.9. The number of allylic oxidation sites excluding steroid dienone is 1. The van der Waals surface area contributed by atoms with E-state index in [0.717, 1.165) is 0 Å². The number of hydrogen-bond acceptors (Lipinski definition) is 5. The molecule has 0 bridgehead atoms. The van der Waals surface area contributed by atoms with Crippen LogP contribution >= 0.6 is 0 Å².